The van der Waals surface area contributed by atoms with Crippen LogP contribution in [0.4, 0.5) is 5.69 Å². The molecule has 8 nitrogen and oxygen atoms in total. The zero-order valence-corrected chi connectivity index (χ0v) is 26.6. The first-order chi connectivity index (χ1) is 21.9. The number of aliphatic hydroxyl groups excluding tert-OH is 1. The largest absolute Gasteiger partial charge is 0.465 e. The molecule has 9 heteroatoms. The fourth-order valence-electron chi connectivity index (χ4n) is 7.42. The number of allylic oxidation sites excluding steroid dienone is 1. The van der Waals surface area contributed by atoms with Gasteiger partial charge in [0.25, 0.3) is 5.91 Å². The van der Waals surface area contributed by atoms with E-state index in [0.717, 1.165) is 10.8 Å². The molecule has 3 aromatic carbocycles. The van der Waals surface area contributed by atoms with E-state index in [2.05, 4.69) is 29.1 Å². The molecule has 0 radical (unpaired) electrons. The number of amides is 2. The number of ether oxygens (including phenoxy) is 2. The highest BCUT2D eigenvalue weighted by Gasteiger charge is 2.77. The minimum absolute atomic E-state index is 0.182. The predicted octanol–water partition coefficient (Wildman–Crippen LogP) is 5.35. The van der Waals surface area contributed by atoms with E-state index in [9.17, 15) is 14.7 Å². The van der Waals surface area contributed by atoms with Crippen LogP contribution in [0.1, 0.15) is 30.9 Å². The van der Waals surface area contributed by atoms with Crippen molar-refractivity contribution in [2.45, 2.75) is 47.9 Å². The van der Waals surface area contributed by atoms with Gasteiger partial charge in [-0.15, -0.1) is 13.2 Å². The van der Waals surface area contributed by atoms with Gasteiger partial charge in [-0.3, -0.25) is 14.4 Å². The van der Waals surface area contributed by atoms with E-state index in [1.54, 1.807) is 17.1 Å². The van der Waals surface area contributed by atoms with E-state index in [-0.39, 0.29) is 23.9 Å². The van der Waals surface area contributed by atoms with Gasteiger partial charge in [-0.1, -0.05) is 88.7 Å². The summed E-state index contributed by atoms with van der Waals surface area (Å²) in [6.07, 6.45) is 4.42. The second-order valence-corrected chi connectivity index (χ2v) is 13.1. The van der Waals surface area contributed by atoms with Gasteiger partial charge in [-0.05, 0) is 47.7 Å². The van der Waals surface area contributed by atoms with Crippen molar-refractivity contribution in [2.24, 2.45) is 11.8 Å². The van der Waals surface area contributed by atoms with Crippen LogP contribution in [-0.4, -0.2) is 70.1 Å². The number of carbonyl (C=O) groups excluding carboxylic acids is 3. The Morgan fingerprint density at radius 1 is 1.09 bits per heavy atom. The molecule has 3 saturated heterocycles. The maximum atomic E-state index is 15.0. The summed E-state index contributed by atoms with van der Waals surface area (Å²) in [5, 5.41) is 12.8. The Morgan fingerprint density at radius 3 is 2.53 bits per heavy atom. The van der Waals surface area contributed by atoms with Crippen molar-refractivity contribution in [3.63, 3.8) is 0 Å². The van der Waals surface area contributed by atoms with Crippen LogP contribution in [0.15, 0.2) is 98.1 Å². The number of rotatable bonds is 12. The standard InChI is InChI=1S/C36H37BrN2O6/c1-3-5-11-19-44-35(43)29-30-33(41)39(28(22-40)24-13-7-6-8-14-24)32(36(30)21-27(37)31(29)45-36)34(42)38(18-4-2)26-17-16-23-12-9-10-15-25(23)20-26/h3-4,6-10,12-17,20,27-32,40H,1-2,5,11,18-19,21-22H2/t27?,28-,29+,30+,31+,32?,36?/m1/s1. The summed E-state index contributed by atoms with van der Waals surface area (Å²) >= 11 is 3.72. The van der Waals surface area contributed by atoms with Crippen LogP contribution in [0.25, 0.3) is 10.8 Å². The molecular formula is C36H37BrN2O6. The summed E-state index contributed by atoms with van der Waals surface area (Å²) in [4.78, 5) is 46.1. The molecule has 0 aromatic heterocycles. The number of carbonyl (C=O) groups is 3. The molecule has 3 aliphatic rings. The van der Waals surface area contributed by atoms with Gasteiger partial charge in [0.15, 0.2) is 0 Å². The number of unbranched alkanes of at least 4 members (excludes halogenated alkanes) is 1. The maximum Gasteiger partial charge on any atom is 0.312 e. The molecule has 2 bridgehead atoms. The normalized spacial score (nSPS) is 27.3. The first-order valence-electron chi connectivity index (χ1n) is 15.3. The van der Waals surface area contributed by atoms with Crippen molar-refractivity contribution in [3.8, 4) is 0 Å². The van der Waals surface area contributed by atoms with Gasteiger partial charge in [0.2, 0.25) is 5.91 Å². The zero-order chi connectivity index (χ0) is 31.7. The maximum absolute atomic E-state index is 15.0. The Kier molecular flexibility index (Phi) is 8.95. The first-order valence-corrected chi connectivity index (χ1v) is 16.3. The number of hydrogen-bond acceptors (Lipinski definition) is 6. The minimum atomic E-state index is -1.31. The van der Waals surface area contributed by atoms with Crippen LogP contribution >= 0.6 is 15.9 Å². The molecule has 0 aliphatic carbocycles. The molecule has 3 unspecified atom stereocenters. The summed E-state index contributed by atoms with van der Waals surface area (Å²) in [5.74, 6) is -3.13. The summed E-state index contributed by atoms with van der Waals surface area (Å²) < 4.78 is 12.3. The highest BCUT2D eigenvalue weighted by atomic mass is 79.9. The van der Waals surface area contributed by atoms with Gasteiger partial charge in [0.1, 0.15) is 11.6 Å². The molecule has 1 spiro atoms. The van der Waals surface area contributed by atoms with Crippen LogP contribution < -0.4 is 4.90 Å². The molecule has 2 amide bonds. The number of hydrogen-bond donors (Lipinski definition) is 1. The van der Waals surface area contributed by atoms with Crippen LogP contribution in [0.3, 0.4) is 0 Å². The van der Waals surface area contributed by atoms with E-state index >= 15 is 4.79 Å². The van der Waals surface area contributed by atoms with Crippen LogP contribution in [0.2, 0.25) is 0 Å². The molecule has 7 atom stereocenters. The summed E-state index contributed by atoms with van der Waals surface area (Å²) in [6.45, 7) is 7.58. The van der Waals surface area contributed by atoms with Crippen LogP contribution in [0.5, 0.6) is 0 Å². The molecular weight excluding hydrogens is 636 g/mol. The van der Waals surface area contributed by atoms with Crippen molar-refractivity contribution >= 4 is 50.2 Å². The third-order valence-corrected chi connectivity index (χ3v) is 10.2. The van der Waals surface area contributed by atoms with Crippen molar-refractivity contribution in [3.05, 3.63) is 104 Å². The first kappa shape index (κ1) is 31.2. The van der Waals surface area contributed by atoms with Gasteiger partial charge in [-0.2, -0.15) is 0 Å². The van der Waals surface area contributed by atoms with Crippen molar-refractivity contribution in [2.75, 3.05) is 24.7 Å². The lowest BCUT2D eigenvalue weighted by Gasteiger charge is -2.39. The molecule has 3 aromatic rings. The quantitative estimate of drug-likeness (QED) is 0.121. The molecule has 3 heterocycles. The van der Waals surface area contributed by atoms with E-state index in [1.165, 1.54) is 4.90 Å². The Hall–Kier alpha value is -3.79. The molecule has 0 saturated carbocycles. The second kappa shape index (κ2) is 12.9. The second-order valence-electron chi connectivity index (χ2n) is 11.9. The molecule has 6 rings (SSSR count). The van der Waals surface area contributed by atoms with Crippen molar-refractivity contribution in [1.82, 2.24) is 4.90 Å². The molecule has 234 valence electrons. The number of alkyl halides is 1. The number of nitrogens with zero attached hydrogens (tertiary/aromatic N) is 2. The highest BCUT2D eigenvalue weighted by molar-refractivity contribution is 9.09. The SMILES string of the molecule is C=CCCCOC(=O)[C@H]1[C@H]2C(=O)N([C@H](CO)c3ccccc3)C(C(=O)N(CC=C)c3ccc4ccccc4c3)C23CC(Br)[C@@H]1O3. The topological polar surface area (TPSA) is 96.4 Å². The fraction of sp³-hybridized carbons (Fsp3) is 0.361. The molecule has 3 aliphatic heterocycles. The van der Waals surface area contributed by atoms with Crippen molar-refractivity contribution < 1.29 is 29.0 Å². The van der Waals surface area contributed by atoms with E-state index in [0.29, 0.717) is 30.5 Å². The Labute approximate surface area is 271 Å². The number of aliphatic hydroxyl groups is 1. The number of benzene rings is 3. The number of anilines is 1. The molecule has 3 fully saturated rings. The molecule has 1 N–H and O–H groups in total. The van der Waals surface area contributed by atoms with E-state index < -0.39 is 54.1 Å². The smallest absolute Gasteiger partial charge is 0.312 e. The Morgan fingerprint density at radius 2 is 1.82 bits per heavy atom. The number of fused-ring (bicyclic) bond motifs is 2. The van der Waals surface area contributed by atoms with Gasteiger partial charge in [-0.25, -0.2) is 0 Å². The number of likely N-dealkylation sites (tertiary alicyclic amines) is 1. The third-order valence-electron chi connectivity index (χ3n) is 9.35. The average molecular weight is 674 g/mol. The van der Waals surface area contributed by atoms with Crippen LogP contribution in [-0.2, 0) is 23.9 Å². The Bertz CT molecular complexity index is 1610. The van der Waals surface area contributed by atoms with Gasteiger partial charge < -0.3 is 24.4 Å². The fourth-order valence-corrected chi connectivity index (χ4v) is 8.36. The van der Waals surface area contributed by atoms with E-state index in [1.807, 2.05) is 72.8 Å². The van der Waals surface area contributed by atoms with E-state index in [4.69, 9.17) is 9.47 Å². The summed E-state index contributed by atoms with van der Waals surface area (Å²) in [5.41, 5.74) is 0.0141. The van der Waals surface area contributed by atoms with Crippen LogP contribution in [0, 0.1) is 11.8 Å². The molecule has 45 heavy (non-hydrogen) atoms. The lowest BCUT2D eigenvalue weighted by atomic mass is 9.70. The monoisotopic (exact) mass is 672 g/mol. The summed E-state index contributed by atoms with van der Waals surface area (Å²) in [6, 6.07) is 20.9. The average Bonchev–Trinajstić information content (AvgIpc) is 3.65. The Balaban J connectivity index is 1.45. The number of halogens is 1. The van der Waals surface area contributed by atoms with Gasteiger partial charge in [0.05, 0.1) is 37.2 Å². The zero-order valence-electron chi connectivity index (χ0n) is 25.0. The van der Waals surface area contributed by atoms with Gasteiger partial charge >= 0.3 is 5.97 Å². The van der Waals surface area contributed by atoms with Gasteiger partial charge in [0, 0.05) is 17.1 Å². The van der Waals surface area contributed by atoms with Crippen molar-refractivity contribution in [1.29, 1.82) is 0 Å². The predicted molar refractivity (Wildman–Crippen MR) is 176 cm³/mol. The lowest BCUT2D eigenvalue weighted by Crippen LogP contribution is -2.57. The highest BCUT2D eigenvalue weighted by Crippen LogP contribution is 2.61. The number of esters is 1. The summed E-state index contributed by atoms with van der Waals surface area (Å²) in [7, 11) is 0. The third kappa shape index (κ3) is 5.30. The minimum Gasteiger partial charge on any atom is -0.465 e. The lowest BCUT2D eigenvalue weighted by molar-refractivity contribution is -0.155.